The summed E-state index contributed by atoms with van der Waals surface area (Å²) in [6.45, 7) is 4.67. The Morgan fingerprint density at radius 1 is 0.435 bits per heavy atom. The number of thiophene rings is 1. The van der Waals surface area contributed by atoms with Crippen LogP contribution in [0.5, 0.6) is 0 Å². The van der Waals surface area contributed by atoms with E-state index in [0.29, 0.717) is 22.9 Å². The summed E-state index contributed by atoms with van der Waals surface area (Å²) >= 11 is 1.84. The molecule has 300 valence electrons. The van der Waals surface area contributed by atoms with Crippen molar-refractivity contribution in [2.24, 2.45) is 17.8 Å². The molecule has 0 aliphatic heterocycles. The van der Waals surface area contributed by atoms with E-state index in [4.69, 9.17) is 15.0 Å². The number of aromatic nitrogens is 3. The highest BCUT2D eigenvalue weighted by Gasteiger charge is 2.51. The second kappa shape index (κ2) is 13.6. The van der Waals surface area contributed by atoms with Crippen LogP contribution in [0.1, 0.15) is 69.1 Å². The zero-order valence-electron chi connectivity index (χ0n) is 35.2. The number of fused-ring (bicyclic) bond motifs is 6. The predicted molar refractivity (Wildman–Crippen MR) is 257 cm³/mol. The summed E-state index contributed by atoms with van der Waals surface area (Å²) in [5.74, 6) is 4.83. The van der Waals surface area contributed by atoms with Crippen LogP contribution < -0.4 is 0 Å². The fourth-order valence-corrected chi connectivity index (χ4v) is 13.9. The first kappa shape index (κ1) is 36.4. The Bertz CT molecular complexity index is 3200. The number of hydrogen-bond donors (Lipinski definition) is 0. The lowest BCUT2D eigenvalue weighted by Crippen LogP contribution is -2.48. The maximum Gasteiger partial charge on any atom is 0.165 e. The van der Waals surface area contributed by atoms with Crippen molar-refractivity contribution < 1.29 is 0 Å². The molecule has 2 aromatic heterocycles. The summed E-state index contributed by atoms with van der Waals surface area (Å²) in [5, 5.41) is 2.47. The van der Waals surface area contributed by atoms with Crippen molar-refractivity contribution in [3.63, 3.8) is 0 Å². The number of hydrogen-bond acceptors (Lipinski definition) is 4. The molecule has 14 rings (SSSR count). The Kier molecular flexibility index (Phi) is 8.01. The van der Waals surface area contributed by atoms with Gasteiger partial charge in [-0.3, -0.25) is 0 Å². The standard InChI is InChI=1S/C58H47N3S/c1-57(2)50-16-10-9-15-45(50)47-28-42(20-24-51(47)57)55-59-54(40-17-21-44(22-18-40)58-32-35-25-36(33-58)27-37(26-35)34-58)60-56(61-55)49-30-43(39-13-7-4-8-14-39)29-48-46-23-19-41(31-52(46)62-53(48)49)38-11-5-3-6-12-38/h3-24,28-31,35-37H,25-27,32-34H2,1-2H3. The van der Waals surface area contributed by atoms with E-state index in [9.17, 15) is 0 Å². The van der Waals surface area contributed by atoms with Crippen LogP contribution in [0.4, 0.5) is 0 Å². The van der Waals surface area contributed by atoms with Gasteiger partial charge in [0.05, 0.1) is 0 Å². The molecule has 7 aromatic carbocycles. The van der Waals surface area contributed by atoms with Gasteiger partial charge in [0.15, 0.2) is 17.5 Å². The van der Waals surface area contributed by atoms with E-state index >= 15 is 0 Å². The Balaban J connectivity index is 1.01. The normalized spacial score (nSPS) is 21.7. The van der Waals surface area contributed by atoms with Gasteiger partial charge >= 0.3 is 0 Å². The van der Waals surface area contributed by atoms with Crippen LogP contribution >= 0.6 is 11.3 Å². The molecule has 4 heteroatoms. The first-order valence-electron chi connectivity index (χ1n) is 22.6. The third-order valence-corrected chi connectivity index (χ3v) is 16.5. The van der Waals surface area contributed by atoms with Crippen molar-refractivity contribution >= 4 is 31.5 Å². The molecule has 4 fully saturated rings. The largest absolute Gasteiger partial charge is 0.208 e. The van der Waals surface area contributed by atoms with Crippen LogP contribution in [0.25, 0.3) is 87.7 Å². The number of rotatable bonds is 6. The molecule has 62 heavy (non-hydrogen) atoms. The maximum atomic E-state index is 5.47. The van der Waals surface area contributed by atoms with Gasteiger partial charge in [-0.1, -0.05) is 147 Å². The van der Waals surface area contributed by atoms with Crippen molar-refractivity contribution in [2.45, 2.75) is 63.2 Å². The van der Waals surface area contributed by atoms with Crippen molar-refractivity contribution in [3.8, 4) is 67.5 Å². The van der Waals surface area contributed by atoms with E-state index in [0.717, 1.165) is 40.0 Å². The van der Waals surface area contributed by atoms with E-state index < -0.39 is 0 Å². The third-order valence-electron chi connectivity index (χ3n) is 15.3. The average molecular weight is 818 g/mol. The second-order valence-corrected chi connectivity index (χ2v) is 20.5. The van der Waals surface area contributed by atoms with Gasteiger partial charge in [0.25, 0.3) is 0 Å². The van der Waals surface area contributed by atoms with Crippen LogP contribution in [0.2, 0.25) is 0 Å². The van der Waals surface area contributed by atoms with Crippen molar-refractivity contribution in [3.05, 3.63) is 174 Å². The molecule has 2 heterocycles. The van der Waals surface area contributed by atoms with Gasteiger partial charge in [-0.25, -0.2) is 15.0 Å². The lowest BCUT2D eigenvalue weighted by atomic mass is 9.48. The highest BCUT2D eigenvalue weighted by atomic mass is 32.1. The molecule has 3 nitrogen and oxygen atoms in total. The van der Waals surface area contributed by atoms with Gasteiger partial charge in [-0.2, -0.15) is 0 Å². The maximum absolute atomic E-state index is 5.47. The summed E-state index contributed by atoms with van der Waals surface area (Å²) in [6.07, 6.45) is 8.41. The highest BCUT2D eigenvalue weighted by molar-refractivity contribution is 7.26. The summed E-state index contributed by atoms with van der Waals surface area (Å²) < 4.78 is 2.44. The molecule has 5 aliphatic rings. The summed E-state index contributed by atoms with van der Waals surface area (Å²) in [5.41, 5.74) is 14.9. The van der Waals surface area contributed by atoms with Crippen LogP contribution in [-0.2, 0) is 10.8 Å². The molecule has 0 radical (unpaired) electrons. The lowest BCUT2D eigenvalue weighted by molar-refractivity contribution is -0.00518. The molecule has 9 aromatic rings. The van der Waals surface area contributed by atoms with Crippen LogP contribution in [0, 0.1) is 17.8 Å². The van der Waals surface area contributed by atoms with E-state index in [1.165, 1.54) is 103 Å². The fraction of sp³-hybridized carbons (Fsp3) is 0.224. The number of benzene rings is 7. The minimum atomic E-state index is -0.0800. The lowest BCUT2D eigenvalue weighted by Gasteiger charge is -2.57. The van der Waals surface area contributed by atoms with Gasteiger partial charge in [0, 0.05) is 42.3 Å². The van der Waals surface area contributed by atoms with Crippen LogP contribution in [-0.4, -0.2) is 15.0 Å². The zero-order valence-corrected chi connectivity index (χ0v) is 36.1. The van der Waals surface area contributed by atoms with E-state index in [-0.39, 0.29) is 5.41 Å². The quantitative estimate of drug-likeness (QED) is 0.168. The average Bonchev–Trinajstić information content (AvgIpc) is 3.79. The third kappa shape index (κ3) is 5.72. The molecular formula is C58H47N3S. The van der Waals surface area contributed by atoms with Gasteiger partial charge in [0.2, 0.25) is 0 Å². The summed E-state index contributed by atoms with van der Waals surface area (Å²) in [4.78, 5) is 16.3. The molecular weight excluding hydrogens is 771 g/mol. The van der Waals surface area contributed by atoms with E-state index in [1.807, 2.05) is 11.3 Å². The van der Waals surface area contributed by atoms with Crippen molar-refractivity contribution in [2.75, 3.05) is 0 Å². The zero-order chi connectivity index (χ0) is 41.2. The highest BCUT2D eigenvalue weighted by Crippen LogP contribution is 2.61. The Morgan fingerprint density at radius 2 is 1.00 bits per heavy atom. The fourth-order valence-electron chi connectivity index (χ4n) is 12.7. The van der Waals surface area contributed by atoms with Gasteiger partial charge in [-0.15, -0.1) is 11.3 Å². The topological polar surface area (TPSA) is 38.7 Å². The SMILES string of the molecule is CC1(C)c2ccccc2-c2cc(-c3nc(-c4ccc(C56CC7CC(CC(C7)C5)C6)cc4)nc(-c4cc(-c5ccccc5)cc5c4sc4cc(-c6ccccc6)ccc45)n3)ccc21. The van der Waals surface area contributed by atoms with Crippen LogP contribution in [0.3, 0.4) is 0 Å². The van der Waals surface area contributed by atoms with Gasteiger partial charge < -0.3 is 0 Å². The number of nitrogens with zero attached hydrogens (tertiary/aromatic N) is 3. The molecule has 0 N–H and O–H groups in total. The Hall–Kier alpha value is -6.23. The van der Waals surface area contributed by atoms with Crippen molar-refractivity contribution in [1.29, 1.82) is 0 Å². The van der Waals surface area contributed by atoms with Crippen LogP contribution in [0.15, 0.2) is 158 Å². The Morgan fingerprint density at radius 3 is 1.71 bits per heavy atom. The molecule has 0 spiro atoms. The summed E-state index contributed by atoms with van der Waals surface area (Å²) in [6, 6.07) is 58.2. The predicted octanol–water partition coefficient (Wildman–Crippen LogP) is 15.3. The first-order chi connectivity index (χ1) is 30.3. The molecule has 0 saturated heterocycles. The van der Waals surface area contributed by atoms with Gasteiger partial charge in [0.1, 0.15) is 0 Å². The van der Waals surface area contributed by atoms with Crippen molar-refractivity contribution in [1.82, 2.24) is 15.0 Å². The Labute approximate surface area is 367 Å². The summed E-state index contributed by atoms with van der Waals surface area (Å²) in [7, 11) is 0. The molecule has 0 amide bonds. The molecule has 4 saturated carbocycles. The van der Waals surface area contributed by atoms with E-state index in [1.54, 1.807) is 0 Å². The van der Waals surface area contributed by atoms with E-state index in [2.05, 4.69) is 172 Å². The first-order valence-corrected chi connectivity index (χ1v) is 23.4. The minimum Gasteiger partial charge on any atom is -0.208 e. The molecule has 4 bridgehead atoms. The molecule has 0 unspecified atom stereocenters. The second-order valence-electron chi connectivity index (χ2n) is 19.5. The smallest absolute Gasteiger partial charge is 0.165 e. The molecule has 0 atom stereocenters. The minimum absolute atomic E-state index is 0.0800. The molecule has 5 aliphatic carbocycles. The monoisotopic (exact) mass is 817 g/mol. The van der Waals surface area contributed by atoms with Gasteiger partial charge in [-0.05, 0) is 136 Å².